The maximum Gasteiger partial charge on any atom is 0.149 e. The highest BCUT2D eigenvalue weighted by Gasteiger charge is 2.44. The summed E-state index contributed by atoms with van der Waals surface area (Å²) in [6.45, 7) is 0. The molecule has 0 saturated carbocycles. The maximum atomic E-state index is 13.6. The van der Waals surface area contributed by atoms with Gasteiger partial charge in [0.05, 0.1) is 0 Å². The lowest BCUT2D eigenvalue weighted by Crippen LogP contribution is -2.65. The molecule has 0 bridgehead atoms. The molecular weight excluding hydrogens is 287 g/mol. The summed E-state index contributed by atoms with van der Waals surface area (Å²) in [6, 6.07) is 28.1. The molecular formula is C20H17FSi. The van der Waals surface area contributed by atoms with Crippen molar-refractivity contribution >= 4 is 23.6 Å². The third-order valence-corrected chi connectivity index (χ3v) is 9.87. The van der Waals surface area contributed by atoms with Crippen LogP contribution in [0.1, 0.15) is 5.56 Å². The Labute approximate surface area is 131 Å². The van der Waals surface area contributed by atoms with E-state index in [0.29, 0.717) is 0 Å². The minimum Gasteiger partial charge on any atom is -0.207 e. The Hall–Kier alpha value is -2.19. The molecule has 0 atom stereocenters. The summed E-state index contributed by atoms with van der Waals surface area (Å²) in [6.07, 6.45) is 0.975. The molecule has 0 spiro atoms. The SMILES string of the molecule is Fc1ccc2c(c1)CC[Si]2(c1ccccc1)c1ccccc1. The van der Waals surface area contributed by atoms with E-state index in [9.17, 15) is 4.39 Å². The minimum absolute atomic E-state index is 0.121. The molecule has 4 rings (SSSR count). The Morgan fingerprint density at radius 3 is 1.91 bits per heavy atom. The van der Waals surface area contributed by atoms with E-state index in [1.54, 1.807) is 12.1 Å². The van der Waals surface area contributed by atoms with Crippen LogP contribution >= 0.6 is 0 Å². The fourth-order valence-corrected chi connectivity index (χ4v) is 8.94. The average Bonchev–Trinajstić information content (AvgIpc) is 2.96. The maximum absolute atomic E-state index is 13.6. The van der Waals surface area contributed by atoms with E-state index in [0.717, 1.165) is 12.5 Å². The van der Waals surface area contributed by atoms with Gasteiger partial charge in [0, 0.05) is 0 Å². The quantitative estimate of drug-likeness (QED) is 0.639. The molecule has 0 aromatic heterocycles. The van der Waals surface area contributed by atoms with Crippen LogP contribution in [0.2, 0.25) is 6.04 Å². The Morgan fingerprint density at radius 2 is 1.32 bits per heavy atom. The van der Waals surface area contributed by atoms with Crippen molar-refractivity contribution in [2.45, 2.75) is 12.5 Å². The third-order valence-electron chi connectivity index (χ3n) is 4.83. The van der Waals surface area contributed by atoms with Gasteiger partial charge in [0.25, 0.3) is 0 Å². The van der Waals surface area contributed by atoms with E-state index < -0.39 is 8.07 Å². The van der Waals surface area contributed by atoms with Crippen LogP contribution in [0.15, 0.2) is 78.9 Å². The zero-order chi connectivity index (χ0) is 15.0. The van der Waals surface area contributed by atoms with Crippen molar-refractivity contribution in [2.75, 3.05) is 0 Å². The van der Waals surface area contributed by atoms with E-state index in [4.69, 9.17) is 0 Å². The standard InChI is InChI=1S/C20H17FSi/c21-17-11-12-20-16(15-17)13-14-22(20,18-7-3-1-4-8-18)19-9-5-2-6-10-19/h1-12,15H,13-14H2. The minimum atomic E-state index is -1.99. The van der Waals surface area contributed by atoms with Crippen molar-refractivity contribution in [2.24, 2.45) is 0 Å². The predicted molar refractivity (Wildman–Crippen MR) is 92.5 cm³/mol. The third kappa shape index (κ3) is 1.95. The average molecular weight is 304 g/mol. The molecule has 0 aliphatic carbocycles. The summed E-state index contributed by atoms with van der Waals surface area (Å²) in [5.74, 6) is -0.121. The van der Waals surface area contributed by atoms with Crippen molar-refractivity contribution in [1.29, 1.82) is 0 Å². The lowest BCUT2D eigenvalue weighted by atomic mass is 10.2. The number of fused-ring (bicyclic) bond motifs is 1. The molecule has 0 N–H and O–H groups in total. The first-order valence-corrected chi connectivity index (χ1v) is 9.91. The highest BCUT2D eigenvalue weighted by molar-refractivity contribution is 7.12. The molecule has 108 valence electrons. The Bertz CT molecular complexity index is 757. The van der Waals surface area contributed by atoms with E-state index in [-0.39, 0.29) is 5.82 Å². The first-order chi connectivity index (χ1) is 10.8. The van der Waals surface area contributed by atoms with Crippen LogP contribution < -0.4 is 15.6 Å². The summed E-state index contributed by atoms with van der Waals surface area (Å²) in [4.78, 5) is 0. The van der Waals surface area contributed by atoms with Crippen LogP contribution in [0, 0.1) is 5.82 Å². The molecule has 0 unspecified atom stereocenters. The number of benzene rings is 3. The predicted octanol–water partition coefficient (Wildman–Crippen LogP) is 2.85. The van der Waals surface area contributed by atoms with Gasteiger partial charge >= 0.3 is 0 Å². The zero-order valence-corrected chi connectivity index (χ0v) is 13.3. The van der Waals surface area contributed by atoms with Gasteiger partial charge in [-0.1, -0.05) is 66.7 Å². The Balaban J connectivity index is 2.01. The number of halogens is 1. The van der Waals surface area contributed by atoms with Crippen LogP contribution in [0.4, 0.5) is 4.39 Å². The first kappa shape index (κ1) is 13.5. The highest BCUT2D eigenvalue weighted by Crippen LogP contribution is 2.24. The summed E-state index contributed by atoms with van der Waals surface area (Å²) in [5, 5.41) is 4.23. The van der Waals surface area contributed by atoms with E-state index in [1.165, 1.54) is 21.1 Å². The number of hydrogen-bond donors (Lipinski definition) is 0. The summed E-state index contributed by atoms with van der Waals surface area (Å²) in [7, 11) is -1.99. The fourth-order valence-electron chi connectivity index (χ4n) is 3.85. The van der Waals surface area contributed by atoms with Gasteiger partial charge in [-0.2, -0.15) is 0 Å². The second kappa shape index (κ2) is 5.22. The van der Waals surface area contributed by atoms with Crippen LogP contribution in [0.3, 0.4) is 0 Å². The second-order valence-electron chi connectivity index (χ2n) is 5.94. The van der Waals surface area contributed by atoms with E-state index in [1.807, 2.05) is 6.07 Å². The van der Waals surface area contributed by atoms with Crippen LogP contribution in [0.5, 0.6) is 0 Å². The molecule has 1 aliphatic rings. The number of hydrogen-bond acceptors (Lipinski definition) is 0. The van der Waals surface area contributed by atoms with Crippen molar-refractivity contribution in [3.63, 3.8) is 0 Å². The van der Waals surface area contributed by atoms with Crippen molar-refractivity contribution in [3.8, 4) is 0 Å². The summed E-state index contributed by atoms with van der Waals surface area (Å²) >= 11 is 0. The topological polar surface area (TPSA) is 0 Å². The monoisotopic (exact) mass is 304 g/mol. The Morgan fingerprint density at radius 1 is 0.727 bits per heavy atom. The molecule has 0 saturated heterocycles. The molecule has 0 nitrogen and oxygen atoms in total. The molecule has 1 aliphatic heterocycles. The molecule has 0 radical (unpaired) electrons. The van der Waals surface area contributed by atoms with Gasteiger partial charge in [0.15, 0.2) is 0 Å². The molecule has 2 heteroatoms. The van der Waals surface area contributed by atoms with Gasteiger partial charge in [-0.25, -0.2) is 4.39 Å². The van der Waals surface area contributed by atoms with Gasteiger partial charge in [-0.3, -0.25) is 0 Å². The largest absolute Gasteiger partial charge is 0.207 e. The molecule has 3 aromatic rings. The Kier molecular flexibility index (Phi) is 3.19. The van der Waals surface area contributed by atoms with E-state index >= 15 is 0 Å². The van der Waals surface area contributed by atoms with Gasteiger partial charge in [0.1, 0.15) is 13.9 Å². The van der Waals surface area contributed by atoms with Crippen molar-refractivity contribution in [1.82, 2.24) is 0 Å². The van der Waals surface area contributed by atoms with Crippen molar-refractivity contribution < 1.29 is 4.39 Å². The molecule has 0 amide bonds. The smallest absolute Gasteiger partial charge is 0.149 e. The second-order valence-corrected chi connectivity index (χ2v) is 9.94. The number of aryl methyl sites for hydroxylation is 1. The highest BCUT2D eigenvalue weighted by atomic mass is 28.3. The van der Waals surface area contributed by atoms with Gasteiger partial charge in [-0.05, 0) is 45.7 Å². The summed E-state index contributed by atoms with van der Waals surface area (Å²) in [5.41, 5.74) is 1.19. The summed E-state index contributed by atoms with van der Waals surface area (Å²) < 4.78 is 13.6. The van der Waals surface area contributed by atoms with Crippen LogP contribution in [-0.4, -0.2) is 8.07 Å². The van der Waals surface area contributed by atoms with Crippen LogP contribution in [0.25, 0.3) is 0 Å². The molecule has 3 aromatic carbocycles. The van der Waals surface area contributed by atoms with E-state index in [2.05, 4.69) is 60.7 Å². The van der Waals surface area contributed by atoms with Crippen molar-refractivity contribution in [3.05, 3.63) is 90.2 Å². The van der Waals surface area contributed by atoms with Gasteiger partial charge in [0.2, 0.25) is 0 Å². The van der Waals surface area contributed by atoms with Gasteiger partial charge < -0.3 is 0 Å². The molecule has 1 heterocycles. The fraction of sp³-hybridized carbons (Fsp3) is 0.100. The molecule has 0 fully saturated rings. The van der Waals surface area contributed by atoms with Crippen LogP contribution in [-0.2, 0) is 6.42 Å². The lowest BCUT2D eigenvalue weighted by Gasteiger charge is -2.29. The zero-order valence-electron chi connectivity index (χ0n) is 12.3. The number of rotatable bonds is 2. The lowest BCUT2D eigenvalue weighted by molar-refractivity contribution is 0.626. The molecule has 22 heavy (non-hydrogen) atoms. The first-order valence-electron chi connectivity index (χ1n) is 7.71. The van der Waals surface area contributed by atoms with Gasteiger partial charge in [-0.15, -0.1) is 0 Å². The normalized spacial score (nSPS) is 15.5.